The molecule has 0 bridgehead atoms. The third-order valence-electron chi connectivity index (χ3n) is 10.4. The van der Waals surface area contributed by atoms with Crippen LogP contribution in [0.1, 0.15) is 85.0 Å². The van der Waals surface area contributed by atoms with Crippen molar-refractivity contribution in [2.75, 3.05) is 7.11 Å². The molecule has 30 heavy (non-hydrogen) atoms. The molecule has 0 aliphatic heterocycles. The number of methoxy groups -OCH3 is 1. The summed E-state index contributed by atoms with van der Waals surface area (Å²) in [5.74, 6) is -1.79. The molecule has 4 aliphatic rings. The lowest BCUT2D eigenvalue weighted by atomic mass is 9.43. The van der Waals surface area contributed by atoms with Crippen molar-refractivity contribution in [1.29, 1.82) is 0 Å². The number of halogens is 2. The van der Waals surface area contributed by atoms with Gasteiger partial charge in [0.1, 0.15) is 0 Å². The SMILES string of the molecule is COC(=O)CC[C@@H](C)[C@H]1CC[C@H]2[C@@H]3CC(F)(F)[C@H]4C[C@H](O)CC[C@]4(C)[C@H]3CC[C@]12C. The van der Waals surface area contributed by atoms with Crippen LogP contribution in [-0.2, 0) is 9.53 Å². The van der Waals surface area contributed by atoms with Crippen molar-refractivity contribution in [1.82, 2.24) is 0 Å². The lowest BCUT2D eigenvalue weighted by Gasteiger charge is -2.62. The normalized spacial score (nSPS) is 48.2. The maximum atomic E-state index is 15.5. The van der Waals surface area contributed by atoms with E-state index < -0.39 is 17.9 Å². The van der Waals surface area contributed by atoms with Gasteiger partial charge in [-0.3, -0.25) is 4.79 Å². The van der Waals surface area contributed by atoms with Crippen molar-refractivity contribution < 1.29 is 23.4 Å². The maximum Gasteiger partial charge on any atom is 0.305 e. The zero-order valence-electron chi connectivity index (χ0n) is 19.1. The van der Waals surface area contributed by atoms with E-state index in [1.54, 1.807) is 0 Å². The van der Waals surface area contributed by atoms with Gasteiger partial charge in [-0.2, -0.15) is 0 Å². The molecule has 4 fully saturated rings. The minimum Gasteiger partial charge on any atom is -0.469 e. The summed E-state index contributed by atoms with van der Waals surface area (Å²) in [4.78, 5) is 11.6. The van der Waals surface area contributed by atoms with Gasteiger partial charge in [-0.15, -0.1) is 0 Å². The number of carbonyl (C=O) groups is 1. The van der Waals surface area contributed by atoms with Gasteiger partial charge in [-0.25, -0.2) is 8.78 Å². The van der Waals surface area contributed by atoms with Crippen LogP contribution < -0.4 is 0 Å². The molecule has 1 N–H and O–H groups in total. The van der Waals surface area contributed by atoms with E-state index in [0.29, 0.717) is 36.5 Å². The quantitative estimate of drug-likeness (QED) is 0.575. The molecule has 0 spiro atoms. The average molecular weight is 427 g/mol. The van der Waals surface area contributed by atoms with Crippen LogP contribution in [0, 0.1) is 46.3 Å². The summed E-state index contributed by atoms with van der Waals surface area (Å²) in [6.07, 6.45) is 6.67. The average Bonchev–Trinajstić information content (AvgIpc) is 3.04. The summed E-state index contributed by atoms with van der Waals surface area (Å²) in [5, 5.41) is 10.1. The molecule has 0 heterocycles. The Bertz CT molecular complexity index is 667. The van der Waals surface area contributed by atoms with Crippen molar-refractivity contribution in [3.8, 4) is 0 Å². The predicted octanol–water partition coefficient (Wildman–Crippen LogP) is 5.84. The Labute approximate surface area is 180 Å². The fraction of sp³-hybridized carbons (Fsp3) is 0.960. The highest BCUT2D eigenvalue weighted by Gasteiger charge is 2.67. The zero-order valence-corrected chi connectivity index (χ0v) is 19.1. The summed E-state index contributed by atoms with van der Waals surface area (Å²) in [6, 6.07) is 0. The Balaban J connectivity index is 1.56. The number of carbonyl (C=O) groups excluding carboxylic acids is 1. The van der Waals surface area contributed by atoms with Gasteiger partial charge < -0.3 is 9.84 Å². The van der Waals surface area contributed by atoms with Gasteiger partial charge in [0, 0.05) is 18.8 Å². The second-order valence-corrected chi connectivity index (χ2v) is 11.6. The Morgan fingerprint density at radius 3 is 2.47 bits per heavy atom. The molecule has 0 aromatic carbocycles. The van der Waals surface area contributed by atoms with Crippen molar-refractivity contribution in [3.05, 3.63) is 0 Å². The number of fused-ring (bicyclic) bond motifs is 5. The first kappa shape index (κ1) is 22.5. The van der Waals surface area contributed by atoms with E-state index >= 15 is 8.78 Å². The first-order chi connectivity index (χ1) is 14.0. The Morgan fingerprint density at radius 2 is 1.77 bits per heavy atom. The summed E-state index contributed by atoms with van der Waals surface area (Å²) in [5.41, 5.74) is -0.244. The van der Waals surface area contributed by atoms with E-state index in [9.17, 15) is 9.90 Å². The number of alkyl halides is 2. The Hall–Kier alpha value is -0.710. The third-order valence-corrected chi connectivity index (χ3v) is 10.4. The highest BCUT2D eigenvalue weighted by Crippen LogP contribution is 2.70. The van der Waals surface area contributed by atoms with Crippen LogP contribution >= 0.6 is 0 Å². The van der Waals surface area contributed by atoms with Gasteiger partial charge in [0.05, 0.1) is 13.2 Å². The number of aliphatic hydroxyl groups excluding tert-OH is 1. The van der Waals surface area contributed by atoms with Crippen LogP contribution in [0.3, 0.4) is 0 Å². The first-order valence-corrected chi connectivity index (χ1v) is 12.2. The third kappa shape index (κ3) is 3.42. The number of hydrogen-bond donors (Lipinski definition) is 1. The molecule has 172 valence electrons. The minimum atomic E-state index is -2.68. The molecule has 0 aromatic rings. The van der Waals surface area contributed by atoms with Crippen LogP contribution in [0.25, 0.3) is 0 Å². The number of hydrogen-bond acceptors (Lipinski definition) is 3. The van der Waals surface area contributed by atoms with E-state index in [0.717, 1.165) is 38.5 Å². The zero-order chi connectivity index (χ0) is 21.9. The Morgan fingerprint density at radius 1 is 1.10 bits per heavy atom. The summed E-state index contributed by atoms with van der Waals surface area (Å²) >= 11 is 0. The molecule has 0 unspecified atom stereocenters. The number of aliphatic hydroxyl groups is 1. The van der Waals surface area contributed by atoms with E-state index in [1.165, 1.54) is 7.11 Å². The summed E-state index contributed by atoms with van der Waals surface area (Å²) < 4.78 is 35.7. The molecule has 0 radical (unpaired) electrons. The second-order valence-electron chi connectivity index (χ2n) is 11.6. The topological polar surface area (TPSA) is 46.5 Å². The molecule has 5 heteroatoms. The van der Waals surface area contributed by atoms with Crippen molar-refractivity contribution in [2.45, 2.75) is 97.0 Å². The molecule has 9 atom stereocenters. The van der Waals surface area contributed by atoms with Crippen LogP contribution in [0.15, 0.2) is 0 Å². The smallest absolute Gasteiger partial charge is 0.305 e. The maximum absolute atomic E-state index is 15.5. The molecular weight excluding hydrogens is 386 g/mol. The summed E-state index contributed by atoms with van der Waals surface area (Å²) in [7, 11) is 1.43. The monoisotopic (exact) mass is 426 g/mol. The van der Waals surface area contributed by atoms with E-state index in [1.807, 2.05) is 0 Å². The highest BCUT2D eigenvalue weighted by molar-refractivity contribution is 5.69. The molecule has 0 amide bonds. The number of rotatable bonds is 4. The van der Waals surface area contributed by atoms with Gasteiger partial charge in [0.2, 0.25) is 0 Å². The number of ether oxygens (including phenoxy) is 1. The molecule has 3 nitrogen and oxygen atoms in total. The van der Waals surface area contributed by atoms with E-state index in [4.69, 9.17) is 4.74 Å². The molecule has 4 saturated carbocycles. The lowest BCUT2D eigenvalue weighted by molar-refractivity contribution is -0.235. The van der Waals surface area contributed by atoms with Crippen LogP contribution in [0.5, 0.6) is 0 Å². The first-order valence-electron chi connectivity index (χ1n) is 12.2. The molecule has 0 saturated heterocycles. The van der Waals surface area contributed by atoms with Crippen molar-refractivity contribution in [2.24, 2.45) is 46.3 Å². The summed E-state index contributed by atoms with van der Waals surface area (Å²) in [6.45, 7) is 6.71. The van der Waals surface area contributed by atoms with Gasteiger partial charge in [-0.1, -0.05) is 20.8 Å². The van der Waals surface area contributed by atoms with Crippen molar-refractivity contribution >= 4 is 5.97 Å². The van der Waals surface area contributed by atoms with Crippen molar-refractivity contribution in [3.63, 3.8) is 0 Å². The van der Waals surface area contributed by atoms with Gasteiger partial charge >= 0.3 is 5.97 Å². The fourth-order valence-corrected chi connectivity index (χ4v) is 8.88. The fourth-order valence-electron chi connectivity index (χ4n) is 8.88. The van der Waals surface area contributed by atoms with Gasteiger partial charge in [0.15, 0.2) is 0 Å². The second kappa shape index (κ2) is 7.71. The molecule has 4 rings (SSSR count). The van der Waals surface area contributed by atoms with Crippen LogP contribution in [0.4, 0.5) is 8.78 Å². The minimum absolute atomic E-state index is 0.00810. The molecular formula is C25H40F2O3. The highest BCUT2D eigenvalue weighted by atomic mass is 19.3. The Kier molecular flexibility index (Phi) is 5.77. The lowest BCUT2D eigenvalue weighted by Crippen LogP contribution is -2.60. The largest absolute Gasteiger partial charge is 0.469 e. The molecule has 0 aromatic heterocycles. The van der Waals surface area contributed by atoms with Gasteiger partial charge in [-0.05, 0) is 91.8 Å². The van der Waals surface area contributed by atoms with E-state index in [-0.39, 0.29) is 35.6 Å². The molecule has 4 aliphatic carbocycles. The van der Waals surface area contributed by atoms with Crippen LogP contribution in [0.2, 0.25) is 0 Å². The standard InChI is InChI=1S/C25H40F2O3/c1-15(5-8-22(29)30-4)18-6-7-19-17-14-25(26,27)21-13-16(28)9-11-24(21,3)20(17)10-12-23(18,19)2/h15-21,28H,5-14H2,1-4H3/t15-,16-,17+,18-,19+,20+,21+,23-,24-/m1/s1. The van der Waals surface area contributed by atoms with Crippen LogP contribution in [-0.4, -0.2) is 30.2 Å². The van der Waals surface area contributed by atoms with Gasteiger partial charge in [0.25, 0.3) is 5.92 Å². The van der Waals surface area contributed by atoms with E-state index in [2.05, 4.69) is 20.8 Å². The number of esters is 1. The predicted molar refractivity (Wildman–Crippen MR) is 112 cm³/mol.